The Balaban J connectivity index is 1.92. The Morgan fingerprint density at radius 2 is 1.85 bits per heavy atom. The lowest BCUT2D eigenvalue weighted by Gasteiger charge is -2.12. The summed E-state index contributed by atoms with van der Waals surface area (Å²) in [5, 5.41) is 12.0. The van der Waals surface area contributed by atoms with Gasteiger partial charge in [0.1, 0.15) is 5.69 Å². The summed E-state index contributed by atoms with van der Waals surface area (Å²) < 4.78 is 62.6. The van der Waals surface area contributed by atoms with Gasteiger partial charge in [-0.3, -0.25) is 9.78 Å². The molecule has 11 heteroatoms. The van der Waals surface area contributed by atoms with Gasteiger partial charge in [0.05, 0.1) is 16.5 Å². The highest BCUT2D eigenvalue weighted by atomic mass is 35.5. The van der Waals surface area contributed by atoms with Gasteiger partial charge >= 0.3 is 6.18 Å². The topological polar surface area (TPSA) is 99.9 Å². The first kappa shape index (κ1) is 24.2. The lowest BCUT2D eigenvalue weighted by atomic mass is 9.99. The standard InChI is InChI=1S/C22H15ClF3N3O3S/c1-33(31,32)19-5-3-2-4-14(19)11-29-21(30)13-6-7-18(23)16(8-13)17-12-28-20(22(24,25)26)9-15(17)10-27/h2-9,12H,11H2,1H3,(H,29,30). The van der Waals surface area contributed by atoms with Gasteiger partial charge in [-0.1, -0.05) is 29.8 Å². The van der Waals surface area contributed by atoms with E-state index in [1.807, 2.05) is 0 Å². The van der Waals surface area contributed by atoms with Crippen molar-refractivity contribution in [2.75, 3.05) is 6.26 Å². The normalized spacial score (nSPS) is 11.6. The van der Waals surface area contributed by atoms with Crippen LogP contribution in [0.2, 0.25) is 5.02 Å². The SMILES string of the molecule is CS(=O)(=O)c1ccccc1CNC(=O)c1ccc(Cl)c(-c2cnc(C(F)(F)F)cc2C#N)c1. The molecule has 0 spiro atoms. The van der Waals surface area contributed by atoms with Crippen LogP contribution < -0.4 is 5.32 Å². The largest absolute Gasteiger partial charge is 0.433 e. The van der Waals surface area contributed by atoms with E-state index in [0.717, 1.165) is 12.5 Å². The maximum atomic E-state index is 12.9. The molecule has 0 fully saturated rings. The fourth-order valence-electron chi connectivity index (χ4n) is 3.08. The van der Waals surface area contributed by atoms with Crippen LogP contribution in [0, 0.1) is 11.3 Å². The molecule has 0 bridgehead atoms. The molecule has 0 saturated carbocycles. The van der Waals surface area contributed by atoms with Gasteiger partial charge in [0.25, 0.3) is 5.91 Å². The fourth-order valence-corrected chi connectivity index (χ4v) is 4.24. The maximum absolute atomic E-state index is 12.9. The molecule has 1 aromatic heterocycles. The number of amides is 1. The van der Waals surface area contributed by atoms with Gasteiger partial charge in [0.15, 0.2) is 9.84 Å². The minimum Gasteiger partial charge on any atom is -0.348 e. The Morgan fingerprint density at radius 1 is 1.15 bits per heavy atom. The van der Waals surface area contributed by atoms with Crippen LogP contribution in [0.15, 0.2) is 59.6 Å². The smallest absolute Gasteiger partial charge is 0.348 e. The lowest BCUT2D eigenvalue weighted by Crippen LogP contribution is -2.23. The van der Waals surface area contributed by atoms with Crippen molar-refractivity contribution in [1.29, 1.82) is 5.26 Å². The van der Waals surface area contributed by atoms with Gasteiger partial charge < -0.3 is 5.32 Å². The van der Waals surface area contributed by atoms with E-state index in [4.69, 9.17) is 11.6 Å². The second-order valence-corrected chi connectivity index (χ2v) is 9.37. The summed E-state index contributed by atoms with van der Waals surface area (Å²) in [6, 6.07) is 12.6. The van der Waals surface area contributed by atoms with E-state index in [2.05, 4.69) is 10.3 Å². The van der Waals surface area contributed by atoms with Crippen molar-refractivity contribution < 1.29 is 26.4 Å². The van der Waals surface area contributed by atoms with E-state index in [0.29, 0.717) is 11.6 Å². The van der Waals surface area contributed by atoms with Crippen molar-refractivity contribution in [1.82, 2.24) is 10.3 Å². The van der Waals surface area contributed by atoms with Crippen LogP contribution in [0.25, 0.3) is 11.1 Å². The van der Waals surface area contributed by atoms with Gasteiger partial charge in [-0.15, -0.1) is 0 Å². The predicted molar refractivity (Wildman–Crippen MR) is 115 cm³/mol. The monoisotopic (exact) mass is 493 g/mol. The average molecular weight is 494 g/mol. The van der Waals surface area contributed by atoms with Gasteiger partial charge in [-0.2, -0.15) is 18.4 Å². The second-order valence-electron chi connectivity index (χ2n) is 6.98. The number of halogens is 4. The summed E-state index contributed by atoms with van der Waals surface area (Å²) in [5.74, 6) is -0.574. The third-order valence-electron chi connectivity index (χ3n) is 4.65. The summed E-state index contributed by atoms with van der Waals surface area (Å²) in [6.07, 6.45) is -2.78. The van der Waals surface area contributed by atoms with Gasteiger partial charge in [-0.05, 0) is 35.9 Å². The maximum Gasteiger partial charge on any atom is 0.433 e. The Labute approximate surface area is 192 Å². The van der Waals surface area contributed by atoms with Crippen LogP contribution in [0.4, 0.5) is 13.2 Å². The van der Waals surface area contributed by atoms with Crippen molar-refractivity contribution >= 4 is 27.3 Å². The molecule has 0 aliphatic carbocycles. The van der Waals surface area contributed by atoms with E-state index in [-0.39, 0.29) is 38.7 Å². The molecular formula is C22H15ClF3N3O3S. The summed E-state index contributed by atoms with van der Waals surface area (Å²) >= 11 is 6.18. The molecule has 0 atom stereocenters. The molecule has 0 aliphatic rings. The van der Waals surface area contributed by atoms with E-state index < -0.39 is 27.6 Å². The summed E-state index contributed by atoms with van der Waals surface area (Å²) in [4.78, 5) is 16.1. The zero-order valence-electron chi connectivity index (χ0n) is 16.9. The number of carbonyl (C=O) groups excluding carboxylic acids is 1. The summed E-state index contributed by atoms with van der Waals surface area (Å²) in [5.41, 5.74) is -0.848. The molecule has 1 N–H and O–H groups in total. The number of sulfone groups is 1. The molecule has 170 valence electrons. The van der Waals surface area contributed by atoms with Crippen molar-refractivity contribution in [2.45, 2.75) is 17.6 Å². The Hall–Kier alpha value is -3.42. The molecule has 6 nitrogen and oxygen atoms in total. The van der Waals surface area contributed by atoms with Crippen LogP contribution >= 0.6 is 11.6 Å². The Morgan fingerprint density at radius 3 is 2.48 bits per heavy atom. The molecule has 0 saturated heterocycles. The van der Waals surface area contributed by atoms with Crippen LogP contribution in [0.1, 0.15) is 27.2 Å². The molecule has 1 heterocycles. The molecule has 0 aliphatic heterocycles. The molecule has 1 amide bonds. The van der Waals surface area contributed by atoms with Crippen LogP contribution in [0.5, 0.6) is 0 Å². The van der Waals surface area contributed by atoms with Crippen molar-refractivity contribution in [3.8, 4) is 17.2 Å². The quantitative estimate of drug-likeness (QED) is 0.558. The van der Waals surface area contributed by atoms with Gasteiger partial charge in [0, 0.05) is 40.7 Å². The number of hydrogen-bond donors (Lipinski definition) is 1. The minimum atomic E-state index is -4.72. The number of nitrogens with zero attached hydrogens (tertiary/aromatic N) is 2. The Kier molecular flexibility index (Phi) is 6.76. The van der Waals surface area contributed by atoms with Crippen LogP contribution in [-0.4, -0.2) is 25.6 Å². The van der Waals surface area contributed by atoms with E-state index >= 15 is 0 Å². The first-order chi connectivity index (χ1) is 15.4. The number of aromatic nitrogens is 1. The third kappa shape index (κ3) is 5.50. The van der Waals surface area contributed by atoms with Crippen LogP contribution in [0.3, 0.4) is 0 Å². The zero-order chi connectivity index (χ0) is 24.4. The third-order valence-corrected chi connectivity index (χ3v) is 6.17. The average Bonchev–Trinajstić information content (AvgIpc) is 2.76. The number of hydrogen-bond acceptors (Lipinski definition) is 5. The number of carbonyl (C=O) groups is 1. The first-order valence-electron chi connectivity index (χ1n) is 9.25. The number of nitrogens with one attached hydrogen (secondary N) is 1. The highest BCUT2D eigenvalue weighted by Crippen LogP contribution is 2.34. The number of pyridine rings is 1. The number of nitriles is 1. The predicted octanol–water partition coefficient (Wildman–Crippen LogP) is 4.63. The highest BCUT2D eigenvalue weighted by molar-refractivity contribution is 7.90. The second kappa shape index (κ2) is 9.21. The molecule has 33 heavy (non-hydrogen) atoms. The molecular weight excluding hydrogens is 479 g/mol. The van der Waals surface area contributed by atoms with Gasteiger partial charge in [-0.25, -0.2) is 8.42 Å². The van der Waals surface area contributed by atoms with Crippen molar-refractivity contribution in [2.24, 2.45) is 0 Å². The number of alkyl halides is 3. The first-order valence-corrected chi connectivity index (χ1v) is 11.5. The van der Waals surface area contributed by atoms with Crippen molar-refractivity contribution in [3.05, 3.63) is 82.1 Å². The molecule has 3 aromatic rings. The highest BCUT2D eigenvalue weighted by Gasteiger charge is 2.33. The molecule has 0 unspecified atom stereocenters. The number of benzene rings is 2. The van der Waals surface area contributed by atoms with Gasteiger partial charge in [0.2, 0.25) is 0 Å². The summed E-state index contributed by atoms with van der Waals surface area (Å²) in [6.45, 7) is -0.0781. The van der Waals surface area contributed by atoms with E-state index in [1.54, 1.807) is 24.3 Å². The van der Waals surface area contributed by atoms with Crippen molar-refractivity contribution in [3.63, 3.8) is 0 Å². The van der Waals surface area contributed by atoms with Crippen LogP contribution in [-0.2, 0) is 22.6 Å². The number of rotatable bonds is 5. The van der Waals surface area contributed by atoms with E-state index in [1.165, 1.54) is 24.3 Å². The fraction of sp³-hybridized carbons (Fsp3) is 0.136. The van der Waals surface area contributed by atoms with E-state index in [9.17, 15) is 31.6 Å². The lowest BCUT2D eigenvalue weighted by molar-refractivity contribution is -0.141. The molecule has 3 rings (SSSR count). The Bertz CT molecular complexity index is 1380. The summed E-state index contributed by atoms with van der Waals surface area (Å²) in [7, 11) is -3.50. The molecule has 2 aromatic carbocycles. The zero-order valence-corrected chi connectivity index (χ0v) is 18.5. The minimum absolute atomic E-state index is 0.0348. The molecule has 0 radical (unpaired) electrons.